The summed E-state index contributed by atoms with van der Waals surface area (Å²) in [6, 6.07) is 10.4. The quantitative estimate of drug-likeness (QED) is 0.602. The zero-order valence-electron chi connectivity index (χ0n) is 14.7. The lowest BCUT2D eigenvalue weighted by atomic mass is 10.2. The minimum atomic E-state index is -4.02. The van der Waals surface area contributed by atoms with Crippen molar-refractivity contribution in [3.63, 3.8) is 0 Å². The van der Waals surface area contributed by atoms with Crippen LogP contribution < -0.4 is 30.2 Å². The van der Waals surface area contributed by atoms with E-state index in [1.807, 2.05) is 0 Å². The van der Waals surface area contributed by atoms with E-state index < -0.39 is 27.9 Å². The van der Waals surface area contributed by atoms with Crippen molar-refractivity contribution in [3.05, 3.63) is 48.0 Å². The van der Waals surface area contributed by atoms with Gasteiger partial charge in [0, 0.05) is 0 Å². The van der Waals surface area contributed by atoms with Crippen molar-refractivity contribution in [1.29, 1.82) is 0 Å². The van der Waals surface area contributed by atoms with Gasteiger partial charge in [-0.25, -0.2) is 13.6 Å². The summed E-state index contributed by atoms with van der Waals surface area (Å²) in [5.74, 6) is -0.426. The van der Waals surface area contributed by atoms with Crippen molar-refractivity contribution in [2.75, 3.05) is 13.7 Å². The fourth-order valence-electron chi connectivity index (χ4n) is 2.46. The first kappa shape index (κ1) is 19.5. The molecule has 0 saturated heterocycles. The largest absolute Gasteiger partial charge is 0.496 e. The lowest BCUT2D eigenvalue weighted by Gasteiger charge is -2.25. The van der Waals surface area contributed by atoms with Gasteiger partial charge in [0.15, 0.2) is 11.5 Å². The molecular weight excluding hydrogens is 390 g/mol. The summed E-state index contributed by atoms with van der Waals surface area (Å²) in [5.41, 5.74) is 4.27. The van der Waals surface area contributed by atoms with Gasteiger partial charge in [-0.15, -0.1) is 0 Å². The van der Waals surface area contributed by atoms with Crippen LogP contribution in [0.15, 0.2) is 47.4 Å². The number of fused-ring (bicyclic) bond motifs is 1. The van der Waals surface area contributed by atoms with Gasteiger partial charge in [0.05, 0.1) is 17.6 Å². The maximum Gasteiger partial charge on any atom is 0.283 e. The molecule has 3 rings (SSSR count). The standard InChI is InChI=1S/C17H17N3O7S/c1-25-12-7-6-10(28(18,23)24)8-11(12)16(21)19-20-17(22)15-9-26-13-4-2-3-5-14(13)27-15/h2-8,15H,9H2,1H3,(H,19,21)(H,20,22)(H2,18,23,24)/t15-/m1/s1. The minimum Gasteiger partial charge on any atom is -0.496 e. The van der Waals surface area contributed by atoms with Crippen molar-refractivity contribution in [2.24, 2.45) is 5.14 Å². The Labute approximate surface area is 160 Å². The topological polar surface area (TPSA) is 146 Å². The maximum absolute atomic E-state index is 12.4. The van der Waals surface area contributed by atoms with Crippen LogP contribution in [0.1, 0.15) is 10.4 Å². The Hall–Kier alpha value is -3.31. The van der Waals surface area contributed by atoms with Crippen molar-refractivity contribution in [2.45, 2.75) is 11.0 Å². The highest BCUT2D eigenvalue weighted by Gasteiger charge is 2.28. The lowest BCUT2D eigenvalue weighted by molar-refractivity contribution is -0.131. The molecule has 2 aromatic carbocycles. The van der Waals surface area contributed by atoms with Crippen molar-refractivity contribution < 1.29 is 32.2 Å². The highest BCUT2D eigenvalue weighted by atomic mass is 32.2. The number of ether oxygens (including phenoxy) is 3. The normalized spacial score (nSPS) is 15.4. The van der Waals surface area contributed by atoms with Crippen LogP contribution in [0.25, 0.3) is 0 Å². The monoisotopic (exact) mass is 407 g/mol. The summed E-state index contributed by atoms with van der Waals surface area (Å²) in [4.78, 5) is 24.3. The van der Waals surface area contributed by atoms with E-state index in [1.54, 1.807) is 24.3 Å². The number of carbonyl (C=O) groups is 2. The van der Waals surface area contributed by atoms with E-state index in [2.05, 4.69) is 10.9 Å². The molecule has 0 unspecified atom stereocenters. The van der Waals surface area contributed by atoms with E-state index >= 15 is 0 Å². The zero-order chi connectivity index (χ0) is 20.3. The summed E-state index contributed by atoms with van der Waals surface area (Å²) in [5, 5.41) is 5.08. The van der Waals surface area contributed by atoms with Gasteiger partial charge in [0.25, 0.3) is 11.8 Å². The van der Waals surface area contributed by atoms with Crippen LogP contribution in [0.3, 0.4) is 0 Å². The van der Waals surface area contributed by atoms with Crippen LogP contribution in [-0.2, 0) is 14.8 Å². The van der Waals surface area contributed by atoms with Crippen LogP contribution in [0.4, 0.5) is 0 Å². The average molecular weight is 407 g/mol. The van der Waals surface area contributed by atoms with E-state index in [9.17, 15) is 18.0 Å². The molecule has 0 aliphatic carbocycles. The summed E-state index contributed by atoms with van der Waals surface area (Å²) in [6.45, 7) is -0.0387. The zero-order valence-corrected chi connectivity index (χ0v) is 15.5. The molecule has 1 aliphatic heterocycles. The number of hydrogen-bond donors (Lipinski definition) is 3. The molecule has 10 nitrogen and oxygen atoms in total. The van der Waals surface area contributed by atoms with Gasteiger partial charge in [0.2, 0.25) is 16.1 Å². The first-order chi connectivity index (χ1) is 13.3. The second-order valence-corrected chi connectivity index (χ2v) is 7.28. The van der Waals surface area contributed by atoms with E-state index in [-0.39, 0.29) is 22.8 Å². The molecule has 0 saturated carbocycles. The third-order valence-corrected chi connectivity index (χ3v) is 4.76. The first-order valence-corrected chi connectivity index (χ1v) is 9.54. The number of amides is 2. The Bertz CT molecular complexity index is 1020. The highest BCUT2D eigenvalue weighted by molar-refractivity contribution is 7.89. The van der Waals surface area contributed by atoms with Crippen LogP contribution in [0.5, 0.6) is 17.2 Å². The van der Waals surface area contributed by atoms with E-state index in [1.165, 1.54) is 19.2 Å². The van der Waals surface area contributed by atoms with E-state index in [0.29, 0.717) is 11.5 Å². The molecule has 0 bridgehead atoms. The van der Waals surface area contributed by atoms with Crippen molar-refractivity contribution in [3.8, 4) is 17.2 Å². The number of hydrazine groups is 1. The molecular formula is C17H17N3O7S. The first-order valence-electron chi connectivity index (χ1n) is 7.99. The molecule has 148 valence electrons. The third kappa shape index (κ3) is 4.15. The Morgan fingerprint density at radius 1 is 1.14 bits per heavy atom. The van der Waals surface area contributed by atoms with Gasteiger partial charge in [-0.1, -0.05) is 12.1 Å². The number of methoxy groups -OCH3 is 1. The van der Waals surface area contributed by atoms with Crippen LogP contribution in [-0.4, -0.2) is 40.1 Å². The molecule has 1 aliphatic rings. The number of sulfonamides is 1. The van der Waals surface area contributed by atoms with Crippen molar-refractivity contribution >= 4 is 21.8 Å². The van der Waals surface area contributed by atoms with Gasteiger partial charge in [-0.2, -0.15) is 0 Å². The molecule has 4 N–H and O–H groups in total. The van der Waals surface area contributed by atoms with E-state index in [0.717, 1.165) is 6.07 Å². The molecule has 0 spiro atoms. The number of para-hydroxylation sites is 2. The Morgan fingerprint density at radius 3 is 2.54 bits per heavy atom. The highest BCUT2D eigenvalue weighted by Crippen LogP contribution is 2.30. The SMILES string of the molecule is COc1ccc(S(N)(=O)=O)cc1C(=O)NNC(=O)[C@H]1COc2ccccc2O1. The summed E-state index contributed by atoms with van der Waals surface area (Å²) in [6.07, 6.45) is -0.979. The minimum absolute atomic E-state index is 0.0387. The number of benzene rings is 2. The molecule has 0 radical (unpaired) electrons. The molecule has 0 aromatic heterocycles. The Kier molecular flexibility index (Phi) is 5.38. The number of primary sulfonamides is 1. The second kappa shape index (κ2) is 7.74. The fraction of sp³-hybridized carbons (Fsp3) is 0.176. The van der Waals surface area contributed by atoms with Gasteiger partial charge >= 0.3 is 0 Å². The van der Waals surface area contributed by atoms with Gasteiger partial charge in [-0.05, 0) is 30.3 Å². The lowest BCUT2D eigenvalue weighted by Crippen LogP contribution is -2.50. The molecule has 1 heterocycles. The number of nitrogens with two attached hydrogens (primary N) is 1. The van der Waals surface area contributed by atoms with Crippen molar-refractivity contribution in [1.82, 2.24) is 10.9 Å². The molecule has 1 atom stereocenters. The Balaban J connectivity index is 1.68. The van der Waals surface area contributed by atoms with Gasteiger partial charge in [-0.3, -0.25) is 20.4 Å². The van der Waals surface area contributed by atoms with Crippen LogP contribution >= 0.6 is 0 Å². The second-order valence-electron chi connectivity index (χ2n) is 5.71. The molecule has 0 fully saturated rings. The number of hydrogen-bond acceptors (Lipinski definition) is 7. The molecule has 28 heavy (non-hydrogen) atoms. The summed E-state index contributed by atoms with van der Waals surface area (Å²) in [7, 11) is -2.71. The predicted molar refractivity (Wildman–Crippen MR) is 96.3 cm³/mol. The predicted octanol–water partition coefficient (Wildman–Crippen LogP) is -0.0564. The third-order valence-electron chi connectivity index (χ3n) is 3.84. The summed E-state index contributed by atoms with van der Waals surface area (Å²) < 4.78 is 39.0. The molecule has 11 heteroatoms. The van der Waals surface area contributed by atoms with Gasteiger partial charge < -0.3 is 14.2 Å². The fourth-order valence-corrected chi connectivity index (χ4v) is 3.00. The van der Waals surface area contributed by atoms with Gasteiger partial charge in [0.1, 0.15) is 12.4 Å². The average Bonchev–Trinajstić information content (AvgIpc) is 2.70. The summed E-state index contributed by atoms with van der Waals surface area (Å²) >= 11 is 0. The van der Waals surface area contributed by atoms with Crippen LogP contribution in [0, 0.1) is 0 Å². The Morgan fingerprint density at radius 2 is 1.86 bits per heavy atom. The van der Waals surface area contributed by atoms with Crippen LogP contribution in [0.2, 0.25) is 0 Å². The number of carbonyl (C=O) groups excluding carboxylic acids is 2. The number of rotatable bonds is 4. The van der Waals surface area contributed by atoms with E-state index in [4.69, 9.17) is 19.3 Å². The molecule has 2 aromatic rings. The smallest absolute Gasteiger partial charge is 0.283 e. The molecule has 2 amide bonds. The number of nitrogens with one attached hydrogen (secondary N) is 2. The maximum atomic E-state index is 12.4.